The zero-order chi connectivity index (χ0) is 15.5. The van der Waals surface area contributed by atoms with Crippen molar-refractivity contribution in [1.82, 2.24) is 0 Å². The standard InChI is InChI=1S/C15H15I2NO2S/c1-12-6-8-13(9-7-12)21(19,20)18(11-10-16)15-5-3-2-4-14(15)17/h2-9H,10-11H2,1H3. The van der Waals surface area contributed by atoms with Gasteiger partial charge in [-0.1, -0.05) is 52.4 Å². The van der Waals surface area contributed by atoms with E-state index in [1.165, 1.54) is 4.31 Å². The van der Waals surface area contributed by atoms with Crippen LogP contribution in [0.2, 0.25) is 0 Å². The molecule has 0 radical (unpaired) electrons. The molecule has 6 heteroatoms. The molecule has 0 atom stereocenters. The van der Waals surface area contributed by atoms with Crippen molar-refractivity contribution >= 4 is 60.9 Å². The number of aryl methyl sites for hydroxylation is 1. The Hall–Kier alpha value is -0.350. The second-order valence-corrected chi connectivity index (χ2v) is 8.63. The molecule has 0 heterocycles. The van der Waals surface area contributed by atoms with Gasteiger partial charge in [-0.15, -0.1) is 0 Å². The average molecular weight is 527 g/mol. The Kier molecular flexibility index (Phi) is 5.89. The van der Waals surface area contributed by atoms with Gasteiger partial charge < -0.3 is 0 Å². The molecule has 21 heavy (non-hydrogen) atoms. The first kappa shape index (κ1) is 17.0. The number of para-hydroxylation sites is 1. The van der Waals surface area contributed by atoms with Crippen LogP contribution in [0.25, 0.3) is 0 Å². The van der Waals surface area contributed by atoms with Gasteiger partial charge in [-0.3, -0.25) is 4.31 Å². The summed E-state index contributed by atoms with van der Waals surface area (Å²) in [4.78, 5) is 0.331. The fourth-order valence-corrected chi connectivity index (χ4v) is 5.07. The Morgan fingerprint density at radius 1 is 1.05 bits per heavy atom. The van der Waals surface area contributed by atoms with E-state index in [-0.39, 0.29) is 0 Å². The maximum Gasteiger partial charge on any atom is 0.264 e. The van der Waals surface area contributed by atoms with Crippen molar-refractivity contribution in [3.8, 4) is 0 Å². The monoisotopic (exact) mass is 527 g/mol. The van der Waals surface area contributed by atoms with Crippen molar-refractivity contribution < 1.29 is 8.42 Å². The third kappa shape index (κ3) is 3.89. The Morgan fingerprint density at radius 2 is 1.67 bits per heavy atom. The largest absolute Gasteiger partial charge is 0.264 e. The molecule has 0 fully saturated rings. The Balaban J connectivity index is 2.51. The van der Waals surface area contributed by atoms with E-state index in [1.54, 1.807) is 12.1 Å². The molecule has 2 aromatic carbocycles. The van der Waals surface area contributed by atoms with Crippen molar-refractivity contribution in [1.29, 1.82) is 0 Å². The molecule has 0 saturated heterocycles. The molecule has 0 saturated carbocycles. The van der Waals surface area contributed by atoms with Crippen molar-refractivity contribution in [2.75, 3.05) is 15.3 Å². The van der Waals surface area contributed by atoms with Crippen LogP contribution in [0.3, 0.4) is 0 Å². The molecule has 0 unspecified atom stereocenters. The Labute approximate surface area is 153 Å². The van der Waals surface area contributed by atoms with Crippen LogP contribution in [0.4, 0.5) is 5.69 Å². The van der Waals surface area contributed by atoms with Crippen LogP contribution in [-0.4, -0.2) is 19.4 Å². The molecule has 0 aliphatic rings. The second kappa shape index (κ2) is 7.28. The number of anilines is 1. The highest BCUT2D eigenvalue weighted by atomic mass is 127. The van der Waals surface area contributed by atoms with E-state index < -0.39 is 10.0 Å². The van der Waals surface area contributed by atoms with Crippen LogP contribution < -0.4 is 4.31 Å². The average Bonchev–Trinajstić information content (AvgIpc) is 2.46. The van der Waals surface area contributed by atoms with Gasteiger partial charge in [0.25, 0.3) is 10.0 Å². The fraction of sp³-hybridized carbons (Fsp3) is 0.200. The maximum absolute atomic E-state index is 12.9. The van der Waals surface area contributed by atoms with Crippen molar-refractivity contribution in [3.05, 3.63) is 57.7 Å². The zero-order valence-electron chi connectivity index (χ0n) is 11.5. The minimum atomic E-state index is -3.53. The quantitative estimate of drug-likeness (QED) is 0.432. The lowest BCUT2D eigenvalue weighted by molar-refractivity contribution is 0.592. The Morgan fingerprint density at radius 3 is 2.24 bits per heavy atom. The van der Waals surface area contributed by atoms with Gasteiger partial charge in [0, 0.05) is 14.5 Å². The summed E-state index contributed by atoms with van der Waals surface area (Å²) in [5.41, 5.74) is 1.78. The van der Waals surface area contributed by atoms with E-state index in [4.69, 9.17) is 0 Å². The molecule has 2 rings (SSSR count). The first-order valence-electron chi connectivity index (χ1n) is 6.36. The van der Waals surface area contributed by atoms with Gasteiger partial charge >= 0.3 is 0 Å². The lowest BCUT2D eigenvalue weighted by Gasteiger charge is -2.24. The number of alkyl halides is 1. The summed E-state index contributed by atoms with van der Waals surface area (Å²) in [5, 5.41) is 0. The normalized spacial score (nSPS) is 11.4. The molecule has 0 N–H and O–H groups in total. The van der Waals surface area contributed by atoms with Crippen LogP contribution in [0.15, 0.2) is 53.4 Å². The van der Waals surface area contributed by atoms with Crippen molar-refractivity contribution in [2.24, 2.45) is 0 Å². The molecular weight excluding hydrogens is 512 g/mol. The molecule has 3 nitrogen and oxygen atoms in total. The summed E-state index contributed by atoms with van der Waals surface area (Å²) in [6.07, 6.45) is 0. The molecule has 0 aliphatic heterocycles. The Bertz CT molecular complexity index is 715. The van der Waals surface area contributed by atoms with Crippen LogP contribution in [0.5, 0.6) is 0 Å². The highest BCUT2D eigenvalue weighted by molar-refractivity contribution is 14.1. The zero-order valence-corrected chi connectivity index (χ0v) is 16.6. The lowest BCUT2D eigenvalue weighted by atomic mass is 10.2. The number of sulfonamides is 1. The third-order valence-corrected chi connectivity index (χ3v) is 6.24. The van der Waals surface area contributed by atoms with Gasteiger partial charge in [-0.2, -0.15) is 0 Å². The van der Waals surface area contributed by atoms with Gasteiger partial charge in [-0.05, 0) is 53.8 Å². The number of halogens is 2. The highest BCUT2D eigenvalue weighted by Crippen LogP contribution is 2.28. The van der Waals surface area contributed by atoms with Crippen LogP contribution in [0, 0.1) is 10.5 Å². The number of hydrogen-bond acceptors (Lipinski definition) is 2. The topological polar surface area (TPSA) is 37.4 Å². The molecule has 112 valence electrons. The van der Waals surface area contributed by atoms with Crippen LogP contribution in [-0.2, 0) is 10.0 Å². The summed E-state index contributed by atoms with van der Waals surface area (Å²) in [6, 6.07) is 14.5. The van der Waals surface area contributed by atoms with E-state index in [2.05, 4.69) is 45.2 Å². The lowest BCUT2D eigenvalue weighted by Crippen LogP contribution is -2.33. The fourth-order valence-electron chi connectivity index (χ4n) is 1.94. The first-order valence-corrected chi connectivity index (χ1v) is 10.4. The smallest absolute Gasteiger partial charge is 0.264 e. The molecule has 2 aromatic rings. The molecular formula is C15H15I2NO2S. The third-order valence-electron chi connectivity index (χ3n) is 3.02. The summed E-state index contributed by atoms with van der Waals surface area (Å²) in [5.74, 6) is 0. The molecule has 0 spiro atoms. The van der Waals surface area contributed by atoms with E-state index >= 15 is 0 Å². The van der Waals surface area contributed by atoms with Crippen LogP contribution in [0.1, 0.15) is 5.56 Å². The number of nitrogens with zero attached hydrogens (tertiary/aromatic N) is 1. The van der Waals surface area contributed by atoms with Gasteiger partial charge in [-0.25, -0.2) is 8.42 Å². The van der Waals surface area contributed by atoms with Crippen molar-refractivity contribution in [3.63, 3.8) is 0 Å². The molecule has 0 aliphatic carbocycles. The number of hydrogen-bond donors (Lipinski definition) is 0. The van der Waals surface area contributed by atoms with E-state index in [9.17, 15) is 8.42 Å². The van der Waals surface area contributed by atoms with E-state index in [0.717, 1.165) is 19.2 Å². The van der Waals surface area contributed by atoms with Gasteiger partial charge in [0.15, 0.2) is 0 Å². The predicted molar refractivity (Wildman–Crippen MR) is 104 cm³/mol. The van der Waals surface area contributed by atoms with Crippen molar-refractivity contribution in [2.45, 2.75) is 11.8 Å². The first-order chi connectivity index (χ1) is 9.96. The summed E-state index contributed by atoms with van der Waals surface area (Å²) >= 11 is 4.37. The van der Waals surface area contributed by atoms with Gasteiger partial charge in [0.1, 0.15) is 0 Å². The second-order valence-electron chi connectivity index (χ2n) is 4.53. The maximum atomic E-state index is 12.9. The number of rotatable bonds is 5. The number of benzene rings is 2. The SMILES string of the molecule is Cc1ccc(S(=O)(=O)N(CCI)c2ccccc2I)cc1. The van der Waals surface area contributed by atoms with Crippen LogP contribution >= 0.6 is 45.2 Å². The molecule has 0 amide bonds. The van der Waals surface area contributed by atoms with Gasteiger partial charge in [0.2, 0.25) is 0 Å². The predicted octanol–water partition coefficient (Wildman–Crippen LogP) is 4.23. The summed E-state index contributed by atoms with van der Waals surface area (Å²) < 4.78 is 29.0. The molecule has 0 bridgehead atoms. The van der Waals surface area contributed by atoms with E-state index in [0.29, 0.717) is 11.4 Å². The summed E-state index contributed by atoms with van der Waals surface area (Å²) in [6.45, 7) is 2.40. The van der Waals surface area contributed by atoms with E-state index in [1.807, 2.05) is 43.3 Å². The van der Waals surface area contributed by atoms with Gasteiger partial charge in [0.05, 0.1) is 10.6 Å². The minimum absolute atomic E-state index is 0.331. The minimum Gasteiger partial charge on any atom is -0.264 e. The highest BCUT2D eigenvalue weighted by Gasteiger charge is 2.25. The summed E-state index contributed by atoms with van der Waals surface area (Å²) in [7, 11) is -3.53. The molecule has 0 aromatic heterocycles.